The molecule has 5 nitrogen and oxygen atoms in total. The predicted octanol–water partition coefficient (Wildman–Crippen LogP) is 3.97. The van der Waals surface area contributed by atoms with E-state index in [0.717, 1.165) is 17.4 Å². The molecule has 0 atom stereocenters. The predicted molar refractivity (Wildman–Crippen MR) is 86.0 cm³/mol. The van der Waals surface area contributed by atoms with Gasteiger partial charge in [-0.2, -0.15) is 0 Å². The first kappa shape index (κ1) is 16.3. The number of nitrogens with one attached hydrogen (secondary N) is 1. The van der Waals surface area contributed by atoms with Crippen LogP contribution in [-0.4, -0.2) is 19.5 Å². The van der Waals surface area contributed by atoms with Gasteiger partial charge in [-0.25, -0.2) is 13.2 Å². The molecule has 0 aliphatic heterocycles. The smallest absolute Gasteiger partial charge is 0.345 e. The lowest BCUT2D eigenvalue weighted by Crippen LogP contribution is -2.13. The summed E-state index contributed by atoms with van der Waals surface area (Å²) in [4.78, 5) is 10.7. The second-order valence-corrected chi connectivity index (χ2v) is 8.58. The van der Waals surface area contributed by atoms with Gasteiger partial charge in [-0.1, -0.05) is 17.7 Å². The van der Waals surface area contributed by atoms with E-state index in [-0.39, 0.29) is 13.6 Å². The van der Waals surface area contributed by atoms with Crippen molar-refractivity contribution in [2.45, 2.75) is 11.8 Å². The summed E-state index contributed by atoms with van der Waals surface area (Å²) < 4.78 is 27.3. The van der Waals surface area contributed by atoms with Crippen molar-refractivity contribution >= 4 is 60.5 Å². The number of carboxylic acids is 1. The monoisotopic (exact) mass is 409 g/mol. The van der Waals surface area contributed by atoms with E-state index < -0.39 is 16.0 Å². The molecule has 2 N–H and O–H groups in total. The Balaban J connectivity index is 2.43. The molecule has 2 rings (SSSR count). The summed E-state index contributed by atoms with van der Waals surface area (Å²) in [7, 11) is -3.90. The number of carbonyl (C=O) groups is 1. The van der Waals surface area contributed by atoms with E-state index in [9.17, 15) is 13.2 Å². The number of aromatic carboxylic acids is 1. The van der Waals surface area contributed by atoms with Gasteiger partial charge in [0.25, 0.3) is 10.0 Å². The molecule has 2 aromatic rings. The molecule has 1 aromatic carbocycles. The lowest BCUT2D eigenvalue weighted by atomic mass is 10.2. The summed E-state index contributed by atoms with van der Waals surface area (Å²) in [5, 5.41) is 9.31. The van der Waals surface area contributed by atoms with Crippen molar-refractivity contribution in [3.63, 3.8) is 0 Å². The van der Waals surface area contributed by atoms with Crippen LogP contribution >= 0.6 is 38.9 Å². The molecule has 0 radical (unpaired) electrons. The maximum absolute atomic E-state index is 12.4. The Labute approximate surface area is 138 Å². The maximum atomic E-state index is 12.4. The van der Waals surface area contributed by atoms with Crippen LogP contribution in [0, 0.1) is 6.92 Å². The first-order valence-electron chi connectivity index (χ1n) is 5.52. The molecule has 1 aromatic heterocycles. The Kier molecular flexibility index (Phi) is 4.62. The van der Waals surface area contributed by atoms with Crippen LogP contribution in [0.2, 0.25) is 5.02 Å². The van der Waals surface area contributed by atoms with Gasteiger partial charge >= 0.3 is 5.97 Å². The average Bonchev–Trinajstić information content (AvgIpc) is 2.77. The quantitative estimate of drug-likeness (QED) is 0.799. The minimum atomic E-state index is -3.90. The Hall–Kier alpha value is -1.09. The van der Waals surface area contributed by atoms with E-state index in [0.29, 0.717) is 16.3 Å². The number of carboxylic acid groups (broad SMARTS) is 1. The Morgan fingerprint density at radius 2 is 2.05 bits per heavy atom. The van der Waals surface area contributed by atoms with Crippen molar-refractivity contribution in [3.05, 3.63) is 43.5 Å². The van der Waals surface area contributed by atoms with Gasteiger partial charge in [0.2, 0.25) is 0 Å². The molecular formula is C12H9BrClNO4S2. The standard InChI is InChI=1S/C12H9BrClNO4S2/c1-6-2-3-7(14)4-8(6)15-21(18,19)10-5-9(12(16)17)20-11(10)13/h2-5,15H,1H3,(H,16,17). The first-order chi connectivity index (χ1) is 9.70. The van der Waals surface area contributed by atoms with Crippen molar-refractivity contribution in [1.82, 2.24) is 0 Å². The van der Waals surface area contributed by atoms with Crippen LogP contribution in [0.25, 0.3) is 0 Å². The summed E-state index contributed by atoms with van der Waals surface area (Å²) in [6.07, 6.45) is 0. The molecule has 0 amide bonds. The van der Waals surface area contributed by atoms with Crippen molar-refractivity contribution in [2.75, 3.05) is 4.72 Å². The zero-order valence-corrected chi connectivity index (χ0v) is 14.5. The van der Waals surface area contributed by atoms with E-state index in [1.54, 1.807) is 19.1 Å². The van der Waals surface area contributed by atoms with Crippen molar-refractivity contribution in [3.8, 4) is 0 Å². The molecule has 0 saturated heterocycles. The number of thiophene rings is 1. The normalized spacial score (nSPS) is 11.4. The molecule has 0 aliphatic carbocycles. The summed E-state index contributed by atoms with van der Waals surface area (Å²) in [5.41, 5.74) is 1.05. The van der Waals surface area contributed by atoms with Gasteiger partial charge in [0.05, 0.1) is 9.47 Å². The summed E-state index contributed by atoms with van der Waals surface area (Å²) >= 11 is 9.77. The highest BCUT2D eigenvalue weighted by Crippen LogP contribution is 2.33. The second-order valence-electron chi connectivity index (χ2n) is 4.12. The fourth-order valence-electron chi connectivity index (χ4n) is 1.54. The molecule has 21 heavy (non-hydrogen) atoms. The zero-order valence-electron chi connectivity index (χ0n) is 10.6. The van der Waals surface area contributed by atoms with Crippen LogP contribution in [0.3, 0.4) is 0 Å². The number of anilines is 1. The zero-order chi connectivity index (χ0) is 15.8. The van der Waals surface area contributed by atoms with E-state index in [1.165, 1.54) is 6.07 Å². The van der Waals surface area contributed by atoms with Crippen molar-refractivity contribution < 1.29 is 18.3 Å². The van der Waals surface area contributed by atoms with Crippen molar-refractivity contribution in [1.29, 1.82) is 0 Å². The highest BCUT2D eigenvalue weighted by Gasteiger charge is 2.23. The van der Waals surface area contributed by atoms with E-state index in [2.05, 4.69) is 20.7 Å². The molecule has 1 heterocycles. The number of rotatable bonds is 4. The van der Waals surface area contributed by atoms with Crippen LogP contribution in [0.1, 0.15) is 15.2 Å². The highest BCUT2D eigenvalue weighted by atomic mass is 79.9. The van der Waals surface area contributed by atoms with E-state index in [4.69, 9.17) is 16.7 Å². The molecule has 0 spiro atoms. The average molecular weight is 411 g/mol. The summed E-state index contributed by atoms with van der Waals surface area (Å²) in [6.45, 7) is 1.74. The lowest BCUT2D eigenvalue weighted by molar-refractivity contribution is 0.0702. The third kappa shape index (κ3) is 3.57. The number of hydrogen-bond acceptors (Lipinski definition) is 4. The van der Waals surface area contributed by atoms with Crippen LogP contribution in [0.4, 0.5) is 5.69 Å². The first-order valence-corrected chi connectivity index (χ1v) is 8.99. The van der Waals surface area contributed by atoms with E-state index in [1.807, 2.05) is 0 Å². The van der Waals surface area contributed by atoms with Gasteiger partial charge in [0.1, 0.15) is 9.77 Å². The topological polar surface area (TPSA) is 83.5 Å². The van der Waals surface area contributed by atoms with Crippen LogP contribution < -0.4 is 4.72 Å². The Morgan fingerprint density at radius 3 is 2.62 bits per heavy atom. The van der Waals surface area contributed by atoms with E-state index >= 15 is 0 Å². The Bertz CT molecular complexity index is 817. The van der Waals surface area contributed by atoms with Gasteiger partial charge in [0, 0.05) is 5.02 Å². The molecule has 0 bridgehead atoms. The summed E-state index contributed by atoms with van der Waals surface area (Å²) in [6, 6.07) is 5.94. The lowest BCUT2D eigenvalue weighted by Gasteiger charge is -2.10. The fraction of sp³-hybridized carbons (Fsp3) is 0.0833. The second kappa shape index (κ2) is 5.96. The number of aryl methyl sites for hydroxylation is 1. The molecule has 0 aliphatic rings. The fourth-order valence-corrected chi connectivity index (χ4v) is 5.24. The number of halogens is 2. The number of benzene rings is 1. The third-order valence-corrected chi connectivity index (χ3v) is 6.44. The largest absolute Gasteiger partial charge is 0.477 e. The minimum absolute atomic E-state index is 0.0648. The molecule has 0 fully saturated rings. The van der Waals surface area contributed by atoms with Crippen molar-refractivity contribution in [2.24, 2.45) is 0 Å². The van der Waals surface area contributed by atoms with Crippen LogP contribution in [-0.2, 0) is 10.0 Å². The minimum Gasteiger partial charge on any atom is -0.477 e. The molecule has 0 unspecified atom stereocenters. The van der Waals surface area contributed by atoms with Gasteiger partial charge in [-0.3, -0.25) is 4.72 Å². The van der Waals surface area contributed by atoms with Gasteiger partial charge < -0.3 is 5.11 Å². The maximum Gasteiger partial charge on any atom is 0.345 e. The molecule has 9 heteroatoms. The molecular weight excluding hydrogens is 402 g/mol. The third-order valence-electron chi connectivity index (χ3n) is 2.60. The van der Waals surface area contributed by atoms with Gasteiger partial charge in [-0.15, -0.1) is 11.3 Å². The van der Waals surface area contributed by atoms with Crippen LogP contribution in [0.15, 0.2) is 32.9 Å². The molecule has 0 saturated carbocycles. The van der Waals surface area contributed by atoms with Gasteiger partial charge in [-0.05, 0) is 46.6 Å². The highest BCUT2D eigenvalue weighted by molar-refractivity contribution is 9.11. The molecule has 112 valence electrons. The Morgan fingerprint density at radius 1 is 1.38 bits per heavy atom. The number of sulfonamides is 1. The SMILES string of the molecule is Cc1ccc(Cl)cc1NS(=O)(=O)c1cc(C(=O)O)sc1Br. The van der Waals surface area contributed by atoms with Gasteiger partial charge in [0.15, 0.2) is 0 Å². The number of hydrogen-bond donors (Lipinski definition) is 2. The summed E-state index contributed by atoms with van der Waals surface area (Å²) in [5.74, 6) is -1.18. The van der Waals surface area contributed by atoms with Crippen LogP contribution in [0.5, 0.6) is 0 Å².